The lowest BCUT2D eigenvalue weighted by Gasteiger charge is -2.30. The summed E-state index contributed by atoms with van der Waals surface area (Å²) in [5.41, 5.74) is 3.39. The van der Waals surface area contributed by atoms with Crippen LogP contribution in [-0.2, 0) is 11.3 Å². The van der Waals surface area contributed by atoms with Crippen molar-refractivity contribution in [3.8, 4) is 0 Å². The number of nitrogens with zero attached hydrogens (tertiary/aromatic N) is 5. The largest absolute Gasteiger partial charge is 0.341 e. The molecule has 2 aromatic rings. The second kappa shape index (κ2) is 4.63. The molecule has 1 fully saturated rings. The first kappa shape index (κ1) is 12.1. The fraction of sp³-hybridized carbons (Fsp3) is 0.400. The molecule has 0 radical (unpaired) electrons. The molecule has 9 heteroatoms. The summed E-state index contributed by atoms with van der Waals surface area (Å²) in [7, 11) is 0. The molecule has 19 heavy (non-hydrogen) atoms. The highest BCUT2D eigenvalue weighted by Crippen LogP contribution is 2.20. The van der Waals surface area contributed by atoms with Crippen LogP contribution in [0.1, 0.15) is 6.42 Å². The van der Waals surface area contributed by atoms with Gasteiger partial charge in [-0.05, 0) is 18.0 Å². The number of rotatable bonds is 3. The quantitative estimate of drug-likeness (QED) is 0.466. The van der Waals surface area contributed by atoms with Gasteiger partial charge in [-0.3, -0.25) is 4.79 Å². The van der Waals surface area contributed by atoms with E-state index in [0.29, 0.717) is 17.0 Å². The highest BCUT2D eigenvalue weighted by molar-refractivity contribution is 6.28. The number of nitrogens with one attached hydrogen (secondary N) is 1. The van der Waals surface area contributed by atoms with Gasteiger partial charge in [0, 0.05) is 13.1 Å². The van der Waals surface area contributed by atoms with Crippen molar-refractivity contribution >= 4 is 34.5 Å². The third-order valence-corrected chi connectivity index (χ3v) is 3.26. The monoisotopic (exact) mass is 281 g/mol. The van der Waals surface area contributed by atoms with Crippen LogP contribution in [0.4, 0.5) is 5.82 Å². The van der Waals surface area contributed by atoms with Crippen LogP contribution in [0.15, 0.2) is 6.33 Å². The molecule has 0 unspecified atom stereocenters. The lowest BCUT2D eigenvalue weighted by Crippen LogP contribution is -2.43. The fourth-order valence-electron chi connectivity index (χ4n) is 1.95. The molecule has 3 heterocycles. The predicted octanol–water partition coefficient (Wildman–Crippen LogP) is -0.00240. The second-order valence-corrected chi connectivity index (χ2v) is 4.60. The Morgan fingerprint density at radius 1 is 1.47 bits per heavy atom. The zero-order valence-electron chi connectivity index (χ0n) is 10.0. The lowest BCUT2D eigenvalue weighted by atomic mass is 10.2. The number of hydrazine groups is 1. The summed E-state index contributed by atoms with van der Waals surface area (Å²) in [6.07, 6.45) is 2.60. The van der Waals surface area contributed by atoms with Crippen molar-refractivity contribution in [1.82, 2.24) is 24.4 Å². The molecule has 8 nitrogen and oxygen atoms in total. The smallest absolute Gasteiger partial charge is 0.242 e. The summed E-state index contributed by atoms with van der Waals surface area (Å²) < 4.78 is 1.64. The molecule has 1 aliphatic heterocycles. The third kappa shape index (κ3) is 2.08. The molecule has 3 N–H and O–H groups in total. The van der Waals surface area contributed by atoms with Crippen LogP contribution in [0.2, 0.25) is 5.28 Å². The number of nitrogen functional groups attached to an aromatic ring is 1. The first-order valence-corrected chi connectivity index (χ1v) is 6.19. The molecule has 1 amide bonds. The van der Waals surface area contributed by atoms with Gasteiger partial charge in [-0.1, -0.05) is 0 Å². The van der Waals surface area contributed by atoms with Crippen molar-refractivity contribution in [3.05, 3.63) is 11.6 Å². The Hall–Kier alpha value is -1.93. The summed E-state index contributed by atoms with van der Waals surface area (Å²) in [5, 5.41) is 0.0543. The summed E-state index contributed by atoms with van der Waals surface area (Å²) in [6, 6.07) is 0. The highest BCUT2D eigenvalue weighted by Gasteiger charge is 2.21. The van der Waals surface area contributed by atoms with Crippen molar-refractivity contribution in [2.24, 2.45) is 5.84 Å². The summed E-state index contributed by atoms with van der Waals surface area (Å²) in [5.74, 6) is 5.73. The zero-order valence-corrected chi connectivity index (χ0v) is 10.8. The maximum absolute atomic E-state index is 11.9. The number of carbonyl (C=O) groups excluding carboxylic acids is 1. The number of hydrogen-bond donors (Lipinski definition) is 2. The van der Waals surface area contributed by atoms with E-state index in [-0.39, 0.29) is 17.7 Å². The Kier molecular flexibility index (Phi) is 2.96. The maximum Gasteiger partial charge on any atom is 0.242 e. The first-order chi connectivity index (χ1) is 9.19. The minimum atomic E-state index is 0.0440. The highest BCUT2D eigenvalue weighted by atomic mass is 35.5. The molecule has 0 bridgehead atoms. The Balaban J connectivity index is 1.95. The Labute approximate surface area is 113 Å². The van der Waals surface area contributed by atoms with E-state index in [4.69, 9.17) is 17.4 Å². The summed E-state index contributed by atoms with van der Waals surface area (Å²) in [4.78, 5) is 25.9. The van der Waals surface area contributed by atoms with Gasteiger partial charge in [-0.15, -0.1) is 0 Å². The van der Waals surface area contributed by atoms with E-state index >= 15 is 0 Å². The number of imidazole rings is 1. The number of amides is 1. The average Bonchev–Trinajstić information content (AvgIpc) is 2.69. The molecule has 0 aliphatic carbocycles. The fourth-order valence-corrected chi connectivity index (χ4v) is 2.11. The Bertz CT molecular complexity index is 636. The van der Waals surface area contributed by atoms with E-state index in [1.807, 2.05) is 0 Å². The number of aromatic nitrogens is 4. The molecule has 0 atom stereocenters. The Morgan fingerprint density at radius 3 is 2.89 bits per heavy atom. The molecular weight excluding hydrogens is 270 g/mol. The van der Waals surface area contributed by atoms with Crippen LogP contribution < -0.4 is 11.3 Å². The number of fused-ring (bicyclic) bond motifs is 1. The standard InChI is InChI=1S/C10H12ClN7O/c11-10-14-8(16-12)7-9(15-10)18(5-13-7)4-6(19)17-2-1-3-17/h5H,1-4,12H2,(H,14,15,16). The number of carbonyl (C=O) groups is 1. The Morgan fingerprint density at radius 2 is 2.26 bits per heavy atom. The average molecular weight is 282 g/mol. The molecule has 2 aromatic heterocycles. The SMILES string of the molecule is NNc1nc(Cl)nc2c1ncn2CC(=O)N1CCC1. The minimum Gasteiger partial charge on any atom is -0.341 e. The van der Waals surface area contributed by atoms with Gasteiger partial charge in [0.25, 0.3) is 0 Å². The zero-order chi connectivity index (χ0) is 13.4. The van der Waals surface area contributed by atoms with Gasteiger partial charge in [0.2, 0.25) is 11.2 Å². The van der Waals surface area contributed by atoms with Crippen LogP contribution in [0.3, 0.4) is 0 Å². The van der Waals surface area contributed by atoms with Crippen molar-refractivity contribution in [2.45, 2.75) is 13.0 Å². The van der Waals surface area contributed by atoms with Crippen LogP contribution >= 0.6 is 11.6 Å². The van der Waals surface area contributed by atoms with Crippen molar-refractivity contribution < 1.29 is 4.79 Å². The van der Waals surface area contributed by atoms with Gasteiger partial charge in [0.1, 0.15) is 6.54 Å². The molecule has 0 saturated carbocycles. The molecule has 0 aromatic carbocycles. The van der Waals surface area contributed by atoms with E-state index in [0.717, 1.165) is 19.5 Å². The molecule has 0 spiro atoms. The molecule has 1 aliphatic rings. The number of likely N-dealkylation sites (tertiary alicyclic amines) is 1. The van der Waals surface area contributed by atoms with Gasteiger partial charge in [0.15, 0.2) is 17.0 Å². The van der Waals surface area contributed by atoms with E-state index in [1.54, 1.807) is 9.47 Å². The van der Waals surface area contributed by atoms with Crippen molar-refractivity contribution in [3.63, 3.8) is 0 Å². The number of anilines is 1. The minimum absolute atomic E-state index is 0.0440. The topological polar surface area (TPSA) is 102 Å². The third-order valence-electron chi connectivity index (χ3n) is 3.09. The summed E-state index contributed by atoms with van der Waals surface area (Å²) in [6.45, 7) is 1.82. The van der Waals surface area contributed by atoms with Gasteiger partial charge >= 0.3 is 0 Å². The van der Waals surface area contributed by atoms with Crippen molar-refractivity contribution in [2.75, 3.05) is 18.5 Å². The number of nitrogens with two attached hydrogens (primary N) is 1. The van der Waals surface area contributed by atoms with Crippen LogP contribution in [0, 0.1) is 0 Å². The number of halogens is 1. The summed E-state index contributed by atoms with van der Waals surface area (Å²) >= 11 is 5.81. The molecular formula is C10H12ClN7O. The van der Waals surface area contributed by atoms with E-state index in [1.165, 1.54) is 6.33 Å². The van der Waals surface area contributed by atoms with Crippen molar-refractivity contribution in [1.29, 1.82) is 0 Å². The van der Waals surface area contributed by atoms with Crippen LogP contribution in [0.25, 0.3) is 11.2 Å². The van der Waals surface area contributed by atoms with E-state index < -0.39 is 0 Å². The van der Waals surface area contributed by atoms with Gasteiger partial charge < -0.3 is 14.9 Å². The normalized spacial score (nSPS) is 14.5. The molecule has 3 rings (SSSR count). The van der Waals surface area contributed by atoms with E-state index in [9.17, 15) is 4.79 Å². The van der Waals surface area contributed by atoms with Gasteiger partial charge in [-0.25, -0.2) is 10.8 Å². The maximum atomic E-state index is 11.9. The van der Waals surface area contributed by atoms with Crippen LogP contribution in [0.5, 0.6) is 0 Å². The second-order valence-electron chi connectivity index (χ2n) is 4.26. The molecule has 1 saturated heterocycles. The predicted molar refractivity (Wildman–Crippen MR) is 69.3 cm³/mol. The van der Waals surface area contributed by atoms with E-state index in [2.05, 4.69) is 20.4 Å². The van der Waals surface area contributed by atoms with Gasteiger partial charge in [-0.2, -0.15) is 9.97 Å². The van der Waals surface area contributed by atoms with Gasteiger partial charge in [0.05, 0.1) is 6.33 Å². The number of hydrogen-bond acceptors (Lipinski definition) is 6. The lowest BCUT2D eigenvalue weighted by molar-refractivity contribution is -0.135. The van der Waals surface area contributed by atoms with Crippen LogP contribution in [-0.4, -0.2) is 43.4 Å². The molecule has 100 valence electrons. The first-order valence-electron chi connectivity index (χ1n) is 5.82.